The number of phenolic OH excluding ortho intramolecular Hbond substituents is 1. The van der Waals surface area contributed by atoms with E-state index in [1.54, 1.807) is 12.1 Å². The van der Waals surface area contributed by atoms with Gasteiger partial charge in [-0.25, -0.2) is 4.79 Å². The van der Waals surface area contributed by atoms with Crippen molar-refractivity contribution in [3.8, 4) is 11.8 Å². The summed E-state index contributed by atoms with van der Waals surface area (Å²) in [6, 6.07) is 6.82. The molecular weight excluding hydrogens is 252 g/mol. The summed E-state index contributed by atoms with van der Waals surface area (Å²) in [6.07, 6.45) is 1.08. The van der Waals surface area contributed by atoms with Gasteiger partial charge in [0, 0.05) is 6.20 Å². The molecule has 18 heavy (non-hydrogen) atoms. The molecule has 96 valence electrons. The average Bonchev–Trinajstić information content (AvgIpc) is 2.40. The first-order valence-corrected chi connectivity index (χ1v) is 5.29. The number of aromatic hydroxyl groups is 1. The van der Waals surface area contributed by atoms with Gasteiger partial charge in [-0.15, -0.1) is 12.6 Å². The summed E-state index contributed by atoms with van der Waals surface area (Å²) in [6.45, 7) is 1.88. The summed E-state index contributed by atoms with van der Waals surface area (Å²) in [4.78, 5) is 10.4. The number of rotatable bonds is 1. The van der Waals surface area contributed by atoms with Crippen molar-refractivity contribution in [1.82, 2.24) is 0 Å². The number of nitriles is 1. The monoisotopic (exact) mass is 266 g/mol. The first-order chi connectivity index (χ1) is 8.46. The highest BCUT2D eigenvalue weighted by Gasteiger charge is 2.00. The van der Waals surface area contributed by atoms with Crippen LogP contribution in [0.1, 0.15) is 11.1 Å². The van der Waals surface area contributed by atoms with Crippen LogP contribution < -0.4 is 5.73 Å². The Morgan fingerprint density at radius 2 is 2.22 bits per heavy atom. The van der Waals surface area contributed by atoms with Gasteiger partial charge in [0.1, 0.15) is 16.7 Å². The van der Waals surface area contributed by atoms with Crippen LogP contribution in [-0.4, -0.2) is 18.2 Å². The first kappa shape index (κ1) is 15.9. The number of carbonyl (C=O) groups is 1. The second kappa shape index (κ2) is 8.03. The van der Waals surface area contributed by atoms with Crippen molar-refractivity contribution < 1.29 is 14.6 Å². The van der Waals surface area contributed by atoms with E-state index in [0.717, 1.165) is 11.8 Å². The number of ether oxygens (including phenoxy) is 1. The van der Waals surface area contributed by atoms with E-state index >= 15 is 0 Å². The van der Waals surface area contributed by atoms with Gasteiger partial charge in [0.05, 0.1) is 12.7 Å². The number of nitrogens with zero attached hydrogens (tertiary/aromatic N) is 1. The summed E-state index contributed by atoms with van der Waals surface area (Å²) < 4.78 is 4.24. The van der Waals surface area contributed by atoms with Gasteiger partial charge in [-0.05, 0) is 24.6 Å². The number of phenols is 1. The first-order valence-electron chi connectivity index (χ1n) is 4.85. The highest BCUT2D eigenvalue weighted by atomic mass is 32.1. The molecule has 0 spiro atoms. The number of nitrogens with two attached hydrogens (primary N) is 1. The minimum absolute atomic E-state index is 0.0492. The minimum atomic E-state index is -0.518. The van der Waals surface area contributed by atoms with Crippen molar-refractivity contribution in [1.29, 1.82) is 5.26 Å². The van der Waals surface area contributed by atoms with Gasteiger partial charge in [-0.3, -0.25) is 0 Å². The molecule has 0 aromatic heterocycles. The molecule has 3 N–H and O–H groups in total. The third-order valence-electron chi connectivity index (χ3n) is 1.82. The van der Waals surface area contributed by atoms with Crippen LogP contribution in [0.2, 0.25) is 0 Å². The molecule has 6 heteroatoms. The van der Waals surface area contributed by atoms with Crippen molar-refractivity contribution in [2.24, 2.45) is 5.73 Å². The van der Waals surface area contributed by atoms with Crippen LogP contribution in [0, 0.1) is 18.3 Å². The summed E-state index contributed by atoms with van der Waals surface area (Å²) in [5, 5.41) is 17.4. The van der Waals surface area contributed by atoms with E-state index < -0.39 is 5.97 Å². The standard InChI is InChI=1S/C8H7NO.C4H7NO2S/c1-6-2-3-8(10)7(4-6)5-9;1-7-4(6)3(8)2-5/h2-4,10H,1H3;2,8H,5H2,1H3/b;3-2-. The molecule has 0 bridgehead atoms. The number of methoxy groups -OCH3 is 1. The van der Waals surface area contributed by atoms with Gasteiger partial charge in [0.2, 0.25) is 0 Å². The Bertz CT molecular complexity index is 493. The summed E-state index contributed by atoms with van der Waals surface area (Å²) in [5.41, 5.74) is 6.22. The SMILES string of the molecule is COC(=O)/C(S)=C/N.Cc1ccc(O)c(C#N)c1. The second-order valence-corrected chi connectivity index (χ2v) is 3.66. The minimum Gasteiger partial charge on any atom is -0.507 e. The zero-order valence-corrected chi connectivity index (χ0v) is 10.9. The van der Waals surface area contributed by atoms with E-state index in [4.69, 9.17) is 16.1 Å². The molecule has 0 aliphatic rings. The Morgan fingerprint density at radius 1 is 1.61 bits per heavy atom. The highest BCUT2D eigenvalue weighted by molar-refractivity contribution is 7.85. The fourth-order valence-electron chi connectivity index (χ4n) is 0.912. The molecule has 0 radical (unpaired) electrons. The maximum atomic E-state index is 10.3. The van der Waals surface area contributed by atoms with Crippen LogP contribution in [0.3, 0.4) is 0 Å². The second-order valence-electron chi connectivity index (χ2n) is 3.18. The van der Waals surface area contributed by atoms with Gasteiger partial charge in [0.15, 0.2) is 0 Å². The molecule has 0 fully saturated rings. The molecular formula is C12H14N2O3S. The molecule has 0 saturated carbocycles. The smallest absolute Gasteiger partial charge is 0.345 e. The van der Waals surface area contributed by atoms with Crippen LogP contribution in [0.15, 0.2) is 29.3 Å². The van der Waals surface area contributed by atoms with E-state index in [9.17, 15) is 4.79 Å². The lowest BCUT2D eigenvalue weighted by Gasteiger charge is -1.94. The maximum absolute atomic E-state index is 10.3. The van der Waals surface area contributed by atoms with Crippen LogP contribution in [0.4, 0.5) is 0 Å². The van der Waals surface area contributed by atoms with Gasteiger partial charge in [-0.1, -0.05) is 6.07 Å². The van der Waals surface area contributed by atoms with Gasteiger partial charge in [0.25, 0.3) is 0 Å². The van der Waals surface area contributed by atoms with Crippen molar-refractivity contribution in [3.63, 3.8) is 0 Å². The summed E-state index contributed by atoms with van der Waals surface area (Å²) in [5.74, 6) is -0.469. The quantitative estimate of drug-likeness (QED) is 0.406. The zero-order chi connectivity index (χ0) is 14.1. The van der Waals surface area contributed by atoms with Crippen LogP contribution >= 0.6 is 12.6 Å². The number of hydrogen-bond donors (Lipinski definition) is 3. The van der Waals surface area contributed by atoms with E-state index in [1.165, 1.54) is 13.2 Å². The Labute approximate surface area is 111 Å². The highest BCUT2D eigenvalue weighted by Crippen LogP contribution is 2.15. The van der Waals surface area contributed by atoms with Crippen molar-refractivity contribution in [2.75, 3.05) is 7.11 Å². The predicted octanol–water partition coefficient (Wildman–Crippen LogP) is 1.46. The Morgan fingerprint density at radius 3 is 2.56 bits per heavy atom. The molecule has 0 aliphatic heterocycles. The molecule has 1 aromatic carbocycles. The Kier molecular flexibility index (Phi) is 7.08. The number of esters is 1. The van der Waals surface area contributed by atoms with E-state index in [-0.39, 0.29) is 10.7 Å². The van der Waals surface area contributed by atoms with Crippen LogP contribution in [0.5, 0.6) is 5.75 Å². The maximum Gasteiger partial charge on any atom is 0.345 e. The van der Waals surface area contributed by atoms with E-state index in [0.29, 0.717) is 5.56 Å². The third kappa shape index (κ3) is 5.27. The fourth-order valence-corrected chi connectivity index (χ4v) is 1.00. The number of hydrogen-bond acceptors (Lipinski definition) is 6. The number of carbonyl (C=O) groups excluding carboxylic acids is 1. The van der Waals surface area contributed by atoms with E-state index in [1.807, 2.05) is 13.0 Å². The number of aryl methyl sites for hydroxylation is 1. The third-order valence-corrected chi connectivity index (χ3v) is 2.16. The number of benzene rings is 1. The molecule has 0 heterocycles. The Balaban J connectivity index is 0.000000331. The van der Waals surface area contributed by atoms with Gasteiger partial charge < -0.3 is 15.6 Å². The van der Waals surface area contributed by atoms with Crippen LogP contribution in [-0.2, 0) is 9.53 Å². The molecule has 5 nitrogen and oxygen atoms in total. The van der Waals surface area contributed by atoms with Crippen LogP contribution in [0.25, 0.3) is 0 Å². The summed E-state index contributed by atoms with van der Waals surface area (Å²) in [7, 11) is 1.27. The van der Waals surface area contributed by atoms with Gasteiger partial charge in [-0.2, -0.15) is 5.26 Å². The fraction of sp³-hybridized carbons (Fsp3) is 0.167. The van der Waals surface area contributed by atoms with Crippen molar-refractivity contribution in [2.45, 2.75) is 6.92 Å². The number of thiol groups is 1. The van der Waals surface area contributed by atoms with Crippen molar-refractivity contribution >= 4 is 18.6 Å². The zero-order valence-electron chi connectivity index (χ0n) is 10.0. The lowest BCUT2D eigenvalue weighted by molar-refractivity contribution is -0.135. The summed E-state index contributed by atoms with van der Waals surface area (Å²) >= 11 is 3.67. The molecule has 0 saturated heterocycles. The molecule has 0 unspecified atom stereocenters. The lowest BCUT2D eigenvalue weighted by atomic mass is 10.1. The average molecular weight is 266 g/mol. The van der Waals surface area contributed by atoms with Crippen molar-refractivity contribution in [3.05, 3.63) is 40.4 Å². The molecule has 0 aliphatic carbocycles. The van der Waals surface area contributed by atoms with E-state index in [2.05, 4.69) is 17.4 Å². The molecule has 1 rings (SSSR count). The predicted molar refractivity (Wildman–Crippen MR) is 70.8 cm³/mol. The normalized spacial score (nSPS) is 9.78. The topological polar surface area (TPSA) is 96.3 Å². The van der Waals surface area contributed by atoms with Gasteiger partial charge >= 0.3 is 5.97 Å². The Hall–Kier alpha value is -2.13. The molecule has 0 atom stereocenters. The molecule has 0 amide bonds. The largest absolute Gasteiger partial charge is 0.507 e. The lowest BCUT2D eigenvalue weighted by Crippen LogP contribution is -2.01. The molecule has 1 aromatic rings.